The Morgan fingerprint density at radius 2 is 1.79 bits per heavy atom. The minimum Gasteiger partial charge on any atom is -0.324 e. The van der Waals surface area contributed by atoms with E-state index in [1.807, 2.05) is 36.9 Å². The molecule has 1 aliphatic rings. The number of alkyl halides is 3. The quantitative estimate of drug-likeness (QED) is 0.707. The summed E-state index contributed by atoms with van der Waals surface area (Å²) in [6, 6.07) is 11.6. The third-order valence-corrected chi connectivity index (χ3v) is 5.11. The minimum atomic E-state index is -4.40. The monoisotopic (exact) mass is 390 g/mol. The Hall–Kier alpha value is -2.34. The molecule has 0 atom stereocenters. The molecule has 0 aromatic heterocycles. The van der Waals surface area contributed by atoms with Gasteiger partial charge in [0.05, 0.1) is 12.1 Å². The summed E-state index contributed by atoms with van der Waals surface area (Å²) in [7, 11) is 0. The van der Waals surface area contributed by atoms with Crippen molar-refractivity contribution in [2.45, 2.75) is 51.9 Å². The minimum absolute atomic E-state index is 0.0777. The molecule has 6 heteroatoms. The summed E-state index contributed by atoms with van der Waals surface area (Å²) in [5, 5.41) is 2.97. The van der Waals surface area contributed by atoms with Gasteiger partial charge in [0.1, 0.15) is 0 Å². The van der Waals surface area contributed by atoms with Crippen LogP contribution in [0.25, 0.3) is 0 Å². The number of carbonyl (C=O) groups excluding carboxylic acids is 1. The lowest BCUT2D eigenvalue weighted by molar-refractivity contribution is -0.138. The molecule has 0 aliphatic heterocycles. The van der Waals surface area contributed by atoms with Gasteiger partial charge in [0.15, 0.2) is 0 Å². The van der Waals surface area contributed by atoms with Crippen molar-refractivity contribution in [1.82, 2.24) is 4.90 Å². The van der Waals surface area contributed by atoms with Crippen LogP contribution in [0.4, 0.5) is 18.9 Å². The van der Waals surface area contributed by atoms with Crippen LogP contribution in [0, 0.1) is 6.92 Å². The average Bonchev–Trinajstić information content (AvgIpc) is 3.47. The van der Waals surface area contributed by atoms with E-state index in [9.17, 15) is 18.0 Å². The standard InChI is InChI=1S/C22H25F3N2O/c1-3-16-9-6-7-15(2)21(16)26-20(28)14-27(18-11-12-18)13-17-8-4-5-10-19(17)22(23,24)25/h4-10,18H,3,11-14H2,1-2H3,(H,26,28). The van der Waals surface area contributed by atoms with E-state index in [2.05, 4.69) is 5.32 Å². The lowest BCUT2D eigenvalue weighted by Gasteiger charge is -2.24. The zero-order valence-corrected chi connectivity index (χ0v) is 16.1. The molecule has 2 aromatic carbocycles. The molecule has 0 radical (unpaired) electrons. The van der Waals surface area contributed by atoms with E-state index in [0.717, 1.165) is 42.1 Å². The van der Waals surface area contributed by atoms with Gasteiger partial charge in [-0.25, -0.2) is 0 Å². The molecular formula is C22H25F3N2O. The number of rotatable bonds is 7. The number of nitrogens with one attached hydrogen (secondary N) is 1. The third-order valence-electron chi connectivity index (χ3n) is 5.11. The number of hydrogen-bond donors (Lipinski definition) is 1. The summed E-state index contributed by atoms with van der Waals surface area (Å²) >= 11 is 0. The van der Waals surface area contributed by atoms with Gasteiger partial charge in [0, 0.05) is 18.3 Å². The number of para-hydroxylation sites is 1. The lowest BCUT2D eigenvalue weighted by atomic mass is 10.1. The van der Waals surface area contributed by atoms with Crippen LogP contribution in [-0.2, 0) is 23.9 Å². The SMILES string of the molecule is CCc1cccc(C)c1NC(=O)CN(Cc1ccccc1C(F)(F)F)C1CC1. The van der Waals surface area contributed by atoms with Crippen molar-refractivity contribution >= 4 is 11.6 Å². The molecule has 3 rings (SSSR count). The molecule has 3 nitrogen and oxygen atoms in total. The van der Waals surface area contributed by atoms with Crippen molar-refractivity contribution in [2.24, 2.45) is 0 Å². The maximum absolute atomic E-state index is 13.3. The van der Waals surface area contributed by atoms with Crippen molar-refractivity contribution in [1.29, 1.82) is 0 Å². The highest BCUT2D eigenvalue weighted by Crippen LogP contribution is 2.34. The van der Waals surface area contributed by atoms with Crippen LogP contribution in [0.2, 0.25) is 0 Å². The number of hydrogen-bond acceptors (Lipinski definition) is 2. The van der Waals surface area contributed by atoms with Gasteiger partial charge in [0.2, 0.25) is 5.91 Å². The predicted molar refractivity (Wildman–Crippen MR) is 104 cm³/mol. The summed E-state index contributed by atoms with van der Waals surface area (Å²) in [5.41, 5.74) is 2.41. The van der Waals surface area contributed by atoms with Crippen LogP contribution in [-0.4, -0.2) is 23.4 Å². The highest BCUT2D eigenvalue weighted by molar-refractivity contribution is 5.93. The number of aryl methyl sites for hydroxylation is 2. The number of halogens is 3. The molecule has 1 saturated carbocycles. The van der Waals surface area contributed by atoms with Crippen molar-refractivity contribution in [3.63, 3.8) is 0 Å². The first-order valence-electron chi connectivity index (χ1n) is 9.57. The summed E-state index contributed by atoms with van der Waals surface area (Å²) in [6.07, 6.45) is -1.79. The topological polar surface area (TPSA) is 32.3 Å². The molecule has 1 fully saturated rings. The van der Waals surface area contributed by atoms with Crippen LogP contribution in [0.15, 0.2) is 42.5 Å². The molecule has 1 amide bonds. The third kappa shape index (κ3) is 4.93. The Balaban J connectivity index is 1.74. The molecule has 1 aliphatic carbocycles. The average molecular weight is 390 g/mol. The number of benzene rings is 2. The smallest absolute Gasteiger partial charge is 0.324 e. The predicted octanol–water partition coefficient (Wildman–Crippen LogP) is 5.18. The first-order chi connectivity index (χ1) is 13.3. The largest absolute Gasteiger partial charge is 0.416 e. The van der Waals surface area contributed by atoms with Gasteiger partial charge in [-0.05, 0) is 48.9 Å². The fraction of sp³-hybridized carbons (Fsp3) is 0.409. The molecule has 2 aromatic rings. The Morgan fingerprint density at radius 1 is 1.11 bits per heavy atom. The number of anilines is 1. The highest BCUT2D eigenvalue weighted by atomic mass is 19.4. The van der Waals surface area contributed by atoms with E-state index in [4.69, 9.17) is 0 Å². The van der Waals surface area contributed by atoms with Crippen molar-refractivity contribution < 1.29 is 18.0 Å². The zero-order chi connectivity index (χ0) is 20.3. The van der Waals surface area contributed by atoms with Crippen LogP contribution in [0.5, 0.6) is 0 Å². The van der Waals surface area contributed by atoms with Gasteiger partial charge in [0.25, 0.3) is 0 Å². The normalized spacial score (nSPS) is 14.4. The van der Waals surface area contributed by atoms with E-state index in [-0.39, 0.29) is 30.6 Å². The molecule has 150 valence electrons. The summed E-state index contributed by atoms with van der Waals surface area (Å²) in [5.74, 6) is -0.194. The first-order valence-corrected chi connectivity index (χ1v) is 9.57. The summed E-state index contributed by atoms with van der Waals surface area (Å²) in [4.78, 5) is 14.5. The van der Waals surface area contributed by atoms with Crippen LogP contribution >= 0.6 is 0 Å². The van der Waals surface area contributed by atoms with Crippen molar-refractivity contribution in [3.05, 3.63) is 64.7 Å². The van der Waals surface area contributed by atoms with Crippen molar-refractivity contribution in [3.8, 4) is 0 Å². The maximum Gasteiger partial charge on any atom is 0.416 e. The van der Waals surface area contributed by atoms with Crippen molar-refractivity contribution in [2.75, 3.05) is 11.9 Å². The van der Waals surface area contributed by atoms with E-state index >= 15 is 0 Å². The van der Waals surface area contributed by atoms with E-state index in [1.54, 1.807) is 6.07 Å². The highest BCUT2D eigenvalue weighted by Gasteiger charge is 2.36. The van der Waals surface area contributed by atoms with E-state index in [0.29, 0.717) is 0 Å². The molecule has 0 heterocycles. The lowest BCUT2D eigenvalue weighted by Crippen LogP contribution is -2.35. The Morgan fingerprint density at radius 3 is 2.43 bits per heavy atom. The van der Waals surface area contributed by atoms with E-state index < -0.39 is 11.7 Å². The Labute approximate surface area is 163 Å². The summed E-state index contributed by atoms with van der Waals surface area (Å²) < 4.78 is 39.9. The molecule has 0 unspecified atom stereocenters. The van der Waals surface area contributed by atoms with Gasteiger partial charge >= 0.3 is 6.18 Å². The molecular weight excluding hydrogens is 365 g/mol. The second kappa shape index (κ2) is 8.35. The van der Waals surface area contributed by atoms with Crippen LogP contribution in [0.3, 0.4) is 0 Å². The fourth-order valence-electron chi connectivity index (χ4n) is 3.47. The van der Waals surface area contributed by atoms with Gasteiger partial charge in [-0.1, -0.05) is 43.3 Å². The van der Waals surface area contributed by atoms with Gasteiger partial charge in [-0.15, -0.1) is 0 Å². The molecule has 0 bridgehead atoms. The first kappa shape index (κ1) is 20.4. The van der Waals surface area contributed by atoms with Gasteiger partial charge in [-0.2, -0.15) is 13.2 Å². The van der Waals surface area contributed by atoms with Gasteiger partial charge < -0.3 is 5.32 Å². The van der Waals surface area contributed by atoms with Gasteiger partial charge in [-0.3, -0.25) is 9.69 Å². The number of amides is 1. The van der Waals surface area contributed by atoms with Crippen LogP contribution < -0.4 is 5.32 Å². The maximum atomic E-state index is 13.3. The number of nitrogens with zero attached hydrogens (tertiary/aromatic N) is 1. The molecule has 1 N–H and O–H groups in total. The Kier molecular flexibility index (Phi) is 6.08. The zero-order valence-electron chi connectivity index (χ0n) is 16.1. The molecule has 0 saturated heterocycles. The Bertz CT molecular complexity index is 844. The van der Waals surface area contributed by atoms with E-state index in [1.165, 1.54) is 12.1 Å². The second-order valence-electron chi connectivity index (χ2n) is 7.30. The van der Waals surface area contributed by atoms with Crippen LogP contribution in [0.1, 0.15) is 42.0 Å². The molecule has 28 heavy (non-hydrogen) atoms. The number of carbonyl (C=O) groups is 1. The molecule has 0 spiro atoms. The second-order valence-corrected chi connectivity index (χ2v) is 7.30. The summed E-state index contributed by atoms with van der Waals surface area (Å²) in [6.45, 7) is 4.15. The fourth-order valence-corrected chi connectivity index (χ4v) is 3.47.